The number of H-pyrrole nitrogens is 1. The Morgan fingerprint density at radius 3 is 3.03 bits per heavy atom. The zero-order valence-corrected chi connectivity index (χ0v) is 21.1. The third-order valence-corrected chi connectivity index (χ3v) is 8.04. The van der Waals surface area contributed by atoms with Crippen LogP contribution >= 0.6 is 23.1 Å². The number of hydrogen-bond donors (Lipinski definition) is 2. The Morgan fingerprint density at radius 1 is 1.24 bits per heavy atom. The van der Waals surface area contributed by atoms with Crippen molar-refractivity contribution in [1.29, 1.82) is 0 Å². The van der Waals surface area contributed by atoms with Gasteiger partial charge in [-0.3, -0.25) is 0 Å². The van der Waals surface area contributed by atoms with E-state index in [1.54, 1.807) is 24.0 Å². The molecule has 1 aliphatic rings. The Bertz CT molecular complexity index is 1520. The fourth-order valence-electron chi connectivity index (χ4n) is 4.69. The van der Waals surface area contributed by atoms with E-state index < -0.39 is 0 Å². The van der Waals surface area contributed by atoms with Crippen molar-refractivity contribution < 1.29 is 4.74 Å². The van der Waals surface area contributed by atoms with Gasteiger partial charge in [0.2, 0.25) is 0 Å². The van der Waals surface area contributed by atoms with Crippen LogP contribution in [-0.2, 0) is 29.9 Å². The van der Waals surface area contributed by atoms with Crippen molar-refractivity contribution in [3.8, 4) is 0 Å². The minimum absolute atomic E-state index is 0.188. The van der Waals surface area contributed by atoms with E-state index in [-0.39, 0.29) is 5.60 Å². The van der Waals surface area contributed by atoms with Gasteiger partial charge in [-0.1, -0.05) is 6.07 Å². The highest BCUT2D eigenvalue weighted by molar-refractivity contribution is 7.97. The second-order valence-corrected chi connectivity index (χ2v) is 11.2. The molecule has 0 saturated carbocycles. The number of benzene rings is 1. The van der Waals surface area contributed by atoms with Crippen LogP contribution in [0, 0.1) is 0 Å². The van der Waals surface area contributed by atoms with E-state index in [0.29, 0.717) is 6.61 Å². The molecule has 5 heterocycles. The fraction of sp³-hybridized carbons (Fsp3) is 0.360. The number of hydrogen-bond acceptors (Lipinski definition) is 8. The molecule has 0 aliphatic carbocycles. The molecule has 174 valence electrons. The van der Waals surface area contributed by atoms with E-state index in [0.717, 1.165) is 68.1 Å². The molecule has 0 saturated heterocycles. The number of aromatic amines is 1. The van der Waals surface area contributed by atoms with Crippen LogP contribution in [0.1, 0.15) is 36.2 Å². The fourth-order valence-corrected chi connectivity index (χ4v) is 6.44. The molecule has 1 aromatic carbocycles. The Balaban J connectivity index is 1.35. The molecule has 6 rings (SSSR count). The van der Waals surface area contributed by atoms with Crippen molar-refractivity contribution >= 4 is 60.4 Å². The summed E-state index contributed by atoms with van der Waals surface area (Å²) in [6.07, 6.45) is 7.24. The van der Waals surface area contributed by atoms with Gasteiger partial charge in [-0.2, -0.15) is 11.8 Å². The van der Waals surface area contributed by atoms with Crippen LogP contribution in [-0.4, -0.2) is 43.3 Å². The molecule has 0 spiro atoms. The van der Waals surface area contributed by atoms with Gasteiger partial charge in [0.15, 0.2) is 0 Å². The highest BCUT2D eigenvalue weighted by Gasteiger charge is 2.31. The lowest BCUT2D eigenvalue weighted by Gasteiger charge is -2.32. The first-order chi connectivity index (χ1) is 16.5. The maximum absolute atomic E-state index is 6.16. The smallest absolute Gasteiger partial charge is 0.147 e. The average molecular weight is 491 g/mol. The lowest BCUT2D eigenvalue weighted by atomic mass is 9.93. The number of aromatic nitrogens is 5. The quantitative estimate of drug-likeness (QED) is 0.326. The summed E-state index contributed by atoms with van der Waals surface area (Å²) < 4.78 is 7.23. The lowest BCUT2D eigenvalue weighted by Crippen LogP contribution is -2.33. The van der Waals surface area contributed by atoms with E-state index in [9.17, 15) is 0 Å². The summed E-state index contributed by atoms with van der Waals surface area (Å²) in [6, 6.07) is 6.36. The van der Waals surface area contributed by atoms with Gasteiger partial charge in [-0.05, 0) is 49.8 Å². The summed E-state index contributed by atoms with van der Waals surface area (Å²) in [5, 5.41) is 4.70. The molecule has 2 N–H and O–H groups in total. The molecule has 34 heavy (non-hydrogen) atoms. The van der Waals surface area contributed by atoms with Crippen LogP contribution in [0.4, 0.5) is 5.82 Å². The van der Waals surface area contributed by atoms with Gasteiger partial charge < -0.3 is 15.0 Å². The largest absolute Gasteiger partial charge is 0.370 e. The molecule has 5 aromatic rings. The summed E-state index contributed by atoms with van der Waals surface area (Å²) in [6.45, 7) is 5.66. The summed E-state index contributed by atoms with van der Waals surface area (Å²) in [5.74, 6) is 1.79. The second kappa shape index (κ2) is 8.48. The Hall–Kier alpha value is -2.75. The predicted molar refractivity (Wildman–Crippen MR) is 141 cm³/mol. The number of rotatable bonds is 6. The van der Waals surface area contributed by atoms with Crippen LogP contribution in [0.25, 0.3) is 31.5 Å². The van der Waals surface area contributed by atoms with Crippen LogP contribution in [0.3, 0.4) is 0 Å². The molecule has 0 fully saturated rings. The molecule has 0 bridgehead atoms. The first-order valence-corrected chi connectivity index (χ1v) is 13.6. The van der Waals surface area contributed by atoms with Crippen LogP contribution in [0.5, 0.6) is 0 Å². The van der Waals surface area contributed by atoms with Crippen molar-refractivity contribution in [3.63, 3.8) is 0 Å². The van der Waals surface area contributed by atoms with Crippen molar-refractivity contribution in [1.82, 2.24) is 24.9 Å². The van der Waals surface area contributed by atoms with Gasteiger partial charge in [0, 0.05) is 29.7 Å². The van der Waals surface area contributed by atoms with Gasteiger partial charge in [-0.15, -0.1) is 11.3 Å². The number of fused-ring (bicyclic) bond motifs is 5. The van der Waals surface area contributed by atoms with Crippen molar-refractivity contribution in [2.45, 2.75) is 44.6 Å². The summed E-state index contributed by atoms with van der Waals surface area (Å²) in [4.78, 5) is 22.9. The number of imidazole rings is 1. The lowest BCUT2D eigenvalue weighted by molar-refractivity contribution is -0.0414. The number of nitrogens with zero attached hydrogens (tertiary/aromatic N) is 4. The molecule has 0 amide bonds. The van der Waals surface area contributed by atoms with Gasteiger partial charge in [-0.25, -0.2) is 19.9 Å². The van der Waals surface area contributed by atoms with Crippen LogP contribution < -0.4 is 5.32 Å². The number of thioether (sulfide) groups is 1. The molecular formula is C25H26N6OS2. The zero-order valence-electron chi connectivity index (χ0n) is 19.4. The summed E-state index contributed by atoms with van der Waals surface area (Å²) in [7, 11) is 0. The van der Waals surface area contributed by atoms with E-state index >= 15 is 0 Å². The SMILES string of the molecule is CSCc1c2c(nc3sc4c(NCCc5ccc6[nH]cnc6c5)ncnc4c13)CC(C)(C)OC2. The molecule has 9 heteroatoms. The third-order valence-electron chi connectivity index (χ3n) is 6.39. The molecule has 0 radical (unpaired) electrons. The zero-order chi connectivity index (χ0) is 23.3. The topological polar surface area (TPSA) is 88.6 Å². The van der Waals surface area contributed by atoms with E-state index in [1.165, 1.54) is 16.7 Å². The van der Waals surface area contributed by atoms with E-state index in [1.807, 2.05) is 11.8 Å². The van der Waals surface area contributed by atoms with Crippen molar-refractivity contribution in [2.75, 3.05) is 18.1 Å². The Morgan fingerprint density at radius 2 is 2.15 bits per heavy atom. The standard InChI is InChI=1S/C25H26N6OS2/c1-25(2)9-19-15(10-32-25)16(11-33-3)20-21-22(34-24(20)31-19)23(30-13-29-21)26-7-6-14-4-5-17-18(8-14)28-12-27-17/h4-5,8,12-13H,6-7,9-11H2,1-3H3,(H,27,28)(H,26,29,30). The second-order valence-electron chi connectivity index (χ2n) is 9.29. The predicted octanol–water partition coefficient (Wildman–Crippen LogP) is 5.48. The summed E-state index contributed by atoms with van der Waals surface area (Å²) in [5.41, 5.74) is 7.81. The number of anilines is 1. The van der Waals surface area contributed by atoms with Crippen molar-refractivity contribution in [2.24, 2.45) is 0 Å². The highest BCUT2D eigenvalue weighted by atomic mass is 32.2. The first-order valence-electron chi connectivity index (χ1n) is 11.4. The Kier molecular flexibility index (Phi) is 5.43. The number of nitrogens with one attached hydrogen (secondary N) is 2. The monoisotopic (exact) mass is 490 g/mol. The number of ether oxygens (including phenoxy) is 1. The minimum Gasteiger partial charge on any atom is -0.370 e. The number of thiophene rings is 1. The van der Waals surface area contributed by atoms with Crippen LogP contribution in [0.15, 0.2) is 30.9 Å². The van der Waals surface area contributed by atoms with Gasteiger partial charge in [0.05, 0.1) is 45.5 Å². The maximum Gasteiger partial charge on any atom is 0.147 e. The van der Waals surface area contributed by atoms with Crippen molar-refractivity contribution in [3.05, 3.63) is 53.2 Å². The molecule has 1 aliphatic heterocycles. The van der Waals surface area contributed by atoms with E-state index in [2.05, 4.69) is 58.6 Å². The number of pyridine rings is 1. The van der Waals surface area contributed by atoms with Gasteiger partial charge in [0.1, 0.15) is 17.0 Å². The molecular weight excluding hydrogens is 464 g/mol. The third kappa shape index (κ3) is 3.81. The molecule has 7 nitrogen and oxygen atoms in total. The summed E-state index contributed by atoms with van der Waals surface area (Å²) >= 11 is 3.51. The van der Waals surface area contributed by atoms with E-state index in [4.69, 9.17) is 14.7 Å². The van der Waals surface area contributed by atoms with Gasteiger partial charge in [0.25, 0.3) is 0 Å². The molecule has 0 atom stereocenters. The molecule has 0 unspecified atom stereocenters. The highest BCUT2D eigenvalue weighted by Crippen LogP contribution is 2.41. The van der Waals surface area contributed by atoms with Gasteiger partial charge >= 0.3 is 0 Å². The first kappa shape index (κ1) is 21.8. The normalized spacial score (nSPS) is 15.3. The van der Waals surface area contributed by atoms with Crippen LogP contribution in [0.2, 0.25) is 0 Å². The minimum atomic E-state index is -0.188. The Labute approximate surface area is 205 Å². The average Bonchev–Trinajstić information content (AvgIpc) is 3.42. The maximum atomic E-state index is 6.16. The molecule has 4 aromatic heterocycles.